The zero-order valence-corrected chi connectivity index (χ0v) is 13.6. The second kappa shape index (κ2) is 5.73. The van der Waals surface area contributed by atoms with Crippen LogP contribution in [-0.4, -0.2) is 19.7 Å². The van der Waals surface area contributed by atoms with Gasteiger partial charge >= 0.3 is 12.2 Å². The van der Waals surface area contributed by atoms with E-state index in [9.17, 15) is 13.2 Å². The predicted octanol–water partition coefficient (Wildman–Crippen LogP) is 4.33. The molecule has 0 amide bonds. The third kappa shape index (κ3) is 2.76. The van der Waals surface area contributed by atoms with Crippen molar-refractivity contribution >= 4 is 28.6 Å². The van der Waals surface area contributed by atoms with Crippen LogP contribution in [0.2, 0.25) is 5.02 Å². The fraction of sp³-hybridized carbons (Fsp3) is 0.0625. The van der Waals surface area contributed by atoms with Crippen LogP contribution in [0.15, 0.2) is 47.1 Å². The maximum Gasteiger partial charge on any atom is 0.416 e. The Kier molecular flexibility index (Phi) is 3.62. The summed E-state index contributed by atoms with van der Waals surface area (Å²) >= 11 is 6.12. The number of hydrogen-bond donors (Lipinski definition) is 1. The van der Waals surface area contributed by atoms with E-state index in [2.05, 4.69) is 15.2 Å². The number of nitrogen functional groups attached to an aromatic ring is 1. The largest absolute Gasteiger partial charge is 0.416 e. The highest BCUT2D eigenvalue weighted by atomic mass is 35.5. The fourth-order valence-corrected chi connectivity index (χ4v) is 2.77. The summed E-state index contributed by atoms with van der Waals surface area (Å²) in [6, 6.07) is 8.05. The summed E-state index contributed by atoms with van der Waals surface area (Å²) in [4.78, 5) is 4.20. The Morgan fingerprint density at radius 3 is 2.58 bits per heavy atom. The third-order valence-corrected chi connectivity index (χ3v) is 4.09. The van der Waals surface area contributed by atoms with E-state index in [0.29, 0.717) is 16.6 Å². The van der Waals surface area contributed by atoms with E-state index in [1.807, 2.05) is 0 Å². The molecule has 2 heterocycles. The van der Waals surface area contributed by atoms with Gasteiger partial charge in [0.05, 0.1) is 27.3 Å². The normalized spacial score (nSPS) is 12.0. The van der Waals surface area contributed by atoms with Crippen molar-refractivity contribution in [3.63, 3.8) is 0 Å². The van der Waals surface area contributed by atoms with Crippen molar-refractivity contribution < 1.29 is 17.6 Å². The molecule has 0 aliphatic rings. The number of alkyl halides is 3. The molecule has 0 fully saturated rings. The molecule has 0 unspecified atom stereocenters. The van der Waals surface area contributed by atoms with Crippen molar-refractivity contribution in [3.8, 4) is 17.1 Å². The van der Waals surface area contributed by atoms with Gasteiger partial charge in [0.15, 0.2) is 0 Å². The lowest BCUT2D eigenvalue weighted by atomic mass is 10.1. The maximum absolute atomic E-state index is 13.0. The smallest absolute Gasteiger partial charge is 0.404 e. The monoisotopic (exact) mass is 379 g/mol. The van der Waals surface area contributed by atoms with E-state index in [1.54, 1.807) is 18.2 Å². The van der Waals surface area contributed by atoms with Crippen molar-refractivity contribution in [3.05, 3.63) is 53.3 Å². The van der Waals surface area contributed by atoms with Crippen LogP contribution in [0.25, 0.3) is 28.2 Å². The molecule has 2 aromatic heterocycles. The minimum absolute atomic E-state index is 0.0884. The van der Waals surface area contributed by atoms with Crippen molar-refractivity contribution in [1.82, 2.24) is 19.7 Å². The van der Waals surface area contributed by atoms with Crippen molar-refractivity contribution in [2.45, 2.75) is 6.18 Å². The first-order valence-corrected chi connectivity index (χ1v) is 7.64. The molecule has 4 aromatic rings. The summed E-state index contributed by atoms with van der Waals surface area (Å²) in [5.41, 5.74) is 6.42. The number of aromatic nitrogens is 4. The summed E-state index contributed by atoms with van der Waals surface area (Å²) in [5.74, 6) is 0.187. The standard InChI is InChI=1S/C16H9ClF3N5O/c17-10-3-2-9(16(18,19)20)6-12(10)25-7-22-11-4-1-8(5-13(11)25)14-23-24-15(21)26-14/h1-7H,(H2,21,24). The first kappa shape index (κ1) is 16.4. The molecule has 0 saturated carbocycles. The van der Waals surface area contributed by atoms with E-state index in [4.69, 9.17) is 21.8 Å². The highest BCUT2D eigenvalue weighted by Gasteiger charge is 2.31. The van der Waals surface area contributed by atoms with Crippen LogP contribution in [0.1, 0.15) is 5.56 Å². The molecule has 2 N–H and O–H groups in total. The molecular formula is C16H9ClF3N5O. The van der Waals surface area contributed by atoms with Gasteiger partial charge in [-0.25, -0.2) is 4.98 Å². The summed E-state index contributed by atoms with van der Waals surface area (Å²) < 4.78 is 45.8. The van der Waals surface area contributed by atoms with Crippen LogP contribution < -0.4 is 5.73 Å². The first-order valence-electron chi connectivity index (χ1n) is 7.26. The highest BCUT2D eigenvalue weighted by molar-refractivity contribution is 6.32. The number of halogens is 4. The Hall–Kier alpha value is -3.07. The number of benzene rings is 2. The fourth-order valence-electron chi connectivity index (χ4n) is 2.56. The SMILES string of the molecule is Nc1nnc(-c2ccc3ncn(-c4cc(C(F)(F)F)ccc4Cl)c3c2)o1. The van der Waals surface area contributed by atoms with Crippen LogP contribution in [0.5, 0.6) is 0 Å². The zero-order chi connectivity index (χ0) is 18.5. The molecule has 6 nitrogen and oxygen atoms in total. The van der Waals surface area contributed by atoms with Crippen molar-refractivity contribution in [2.75, 3.05) is 5.73 Å². The topological polar surface area (TPSA) is 82.8 Å². The average Bonchev–Trinajstić information content (AvgIpc) is 3.20. The minimum Gasteiger partial charge on any atom is -0.404 e. The minimum atomic E-state index is -4.48. The highest BCUT2D eigenvalue weighted by Crippen LogP contribution is 2.34. The Labute approximate surface area is 149 Å². The summed E-state index contributed by atoms with van der Waals surface area (Å²) in [6.07, 6.45) is -3.08. The number of fused-ring (bicyclic) bond motifs is 1. The van der Waals surface area contributed by atoms with Gasteiger partial charge in [0.25, 0.3) is 0 Å². The number of imidazole rings is 1. The molecule has 0 aliphatic carbocycles. The van der Waals surface area contributed by atoms with Crippen molar-refractivity contribution in [2.24, 2.45) is 0 Å². The zero-order valence-electron chi connectivity index (χ0n) is 12.8. The number of nitrogens with zero attached hydrogens (tertiary/aromatic N) is 4. The molecule has 0 bridgehead atoms. The number of anilines is 1. The molecular weight excluding hydrogens is 371 g/mol. The summed E-state index contributed by atoms with van der Waals surface area (Å²) in [6.45, 7) is 0. The lowest BCUT2D eigenvalue weighted by molar-refractivity contribution is -0.137. The van der Waals surface area contributed by atoms with Gasteiger partial charge in [0.2, 0.25) is 5.89 Å². The van der Waals surface area contributed by atoms with Gasteiger partial charge in [-0.2, -0.15) is 13.2 Å². The Morgan fingerprint density at radius 2 is 1.88 bits per heavy atom. The lowest BCUT2D eigenvalue weighted by Crippen LogP contribution is -2.06. The molecule has 2 aromatic carbocycles. The molecule has 0 aliphatic heterocycles. The number of nitrogens with two attached hydrogens (primary N) is 1. The lowest BCUT2D eigenvalue weighted by Gasteiger charge is -2.12. The molecule has 4 rings (SSSR count). The molecule has 0 spiro atoms. The van der Waals surface area contributed by atoms with Crippen molar-refractivity contribution in [1.29, 1.82) is 0 Å². The van der Waals surface area contributed by atoms with Gasteiger partial charge in [-0.05, 0) is 36.4 Å². The van der Waals surface area contributed by atoms with Gasteiger partial charge in [-0.1, -0.05) is 16.7 Å². The molecule has 10 heteroatoms. The Balaban J connectivity index is 1.90. The Bertz CT molecular complexity index is 1120. The summed E-state index contributed by atoms with van der Waals surface area (Å²) in [7, 11) is 0. The average molecular weight is 380 g/mol. The van der Waals surface area contributed by atoms with Gasteiger partial charge in [0.1, 0.15) is 6.33 Å². The maximum atomic E-state index is 13.0. The summed E-state index contributed by atoms with van der Waals surface area (Å²) in [5, 5.41) is 7.54. The number of hydrogen-bond acceptors (Lipinski definition) is 5. The molecule has 132 valence electrons. The van der Waals surface area contributed by atoms with Crippen LogP contribution in [-0.2, 0) is 6.18 Å². The van der Waals surface area contributed by atoms with E-state index in [1.165, 1.54) is 17.0 Å². The second-order valence-corrected chi connectivity index (χ2v) is 5.83. The van der Waals surface area contributed by atoms with Crippen LogP contribution in [0.3, 0.4) is 0 Å². The van der Waals surface area contributed by atoms with E-state index < -0.39 is 11.7 Å². The molecule has 26 heavy (non-hydrogen) atoms. The van der Waals surface area contributed by atoms with Gasteiger partial charge in [0, 0.05) is 5.56 Å². The number of rotatable bonds is 2. The van der Waals surface area contributed by atoms with E-state index in [0.717, 1.165) is 12.1 Å². The Morgan fingerprint density at radius 1 is 1.08 bits per heavy atom. The quantitative estimate of drug-likeness (QED) is 0.560. The third-order valence-electron chi connectivity index (χ3n) is 3.77. The predicted molar refractivity (Wildman–Crippen MR) is 88.8 cm³/mol. The molecule has 0 atom stereocenters. The first-order chi connectivity index (χ1) is 12.3. The molecule has 0 radical (unpaired) electrons. The van der Waals surface area contributed by atoms with Gasteiger partial charge in [-0.15, -0.1) is 5.10 Å². The van der Waals surface area contributed by atoms with E-state index >= 15 is 0 Å². The van der Waals surface area contributed by atoms with Crippen LogP contribution in [0.4, 0.5) is 19.2 Å². The van der Waals surface area contributed by atoms with Gasteiger partial charge in [-0.3, -0.25) is 4.57 Å². The van der Waals surface area contributed by atoms with Crippen LogP contribution in [0, 0.1) is 0 Å². The van der Waals surface area contributed by atoms with Crippen LogP contribution >= 0.6 is 11.6 Å². The molecule has 0 saturated heterocycles. The van der Waals surface area contributed by atoms with E-state index in [-0.39, 0.29) is 22.6 Å². The second-order valence-electron chi connectivity index (χ2n) is 5.43. The van der Waals surface area contributed by atoms with Gasteiger partial charge < -0.3 is 10.2 Å².